The number of aromatic nitrogens is 4. The monoisotopic (exact) mass is 395 g/mol. The molecule has 6 nitrogen and oxygen atoms in total. The van der Waals surface area contributed by atoms with Gasteiger partial charge in [-0.15, -0.1) is 21.5 Å². The molecule has 4 aromatic rings. The molecule has 0 aliphatic heterocycles. The molecule has 4 rings (SSSR count). The van der Waals surface area contributed by atoms with Crippen molar-refractivity contribution in [3.05, 3.63) is 58.1 Å². The van der Waals surface area contributed by atoms with Crippen molar-refractivity contribution in [2.45, 2.75) is 20.3 Å². The van der Waals surface area contributed by atoms with E-state index in [-0.39, 0.29) is 5.91 Å². The SMILES string of the molecule is CCc1ccc(/C=C/C(=O)Nc2cccc(-c3nn4c(C)nnc4s3)c2)s1. The first-order valence-electron chi connectivity index (χ1n) is 8.49. The lowest BCUT2D eigenvalue weighted by atomic mass is 10.2. The van der Waals surface area contributed by atoms with Crippen LogP contribution in [0.15, 0.2) is 42.5 Å². The number of carbonyl (C=O) groups is 1. The fourth-order valence-corrected chi connectivity index (χ4v) is 4.31. The van der Waals surface area contributed by atoms with Gasteiger partial charge in [-0.1, -0.05) is 30.4 Å². The Bertz CT molecular complexity index is 1140. The van der Waals surface area contributed by atoms with Gasteiger partial charge in [0.25, 0.3) is 0 Å². The van der Waals surface area contributed by atoms with Crippen molar-refractivity contribution in [3.63, 3.8) is 0 Å². The fraction of sp³-hybridized carbons (Fsp3) is 0.158. The topological polar surface area (TPSA) is 72.2 Å². The maximum Gasteiger partial charge on any atom is 0.248 e. The van der Waals surface area contributed by atoms with Crippen molar-refractivity contribution in [2.24, 2.45) is 0 Å². The fourth-order valence-electron chi connectivity index (χ4n) is 2.58. The molecule has 3 aromatic heterocycles. The average Bonchev–Trinajstić information content (AvgIpc) is 3.38. The second-order valence-electron chi connectivity index (χ2n) is 5.91. The molecule has 136 valence electrons. The smallest absolute Gasteiger partial charge is 0.248 e. The van der Waals surface area contributed by atoms with E-state index < -0.39 is 0 Å². The van der Waals surface area contributed by atoms with Crippen LogP contribution in [0.3, 0.4) is 0 Å². The summed E-state index contributed by atoms with van der Waals surface area (Å²) in [5.41, 5.74) is 1.66. The van der Waals surface area contributed by atoms with Crippen LogP contribution in [0.25, 0.3) is 21.6 Å². The summed E-state index contributed by atoms with van der Waals surface area (Å²) in [6.45, 7) is 3.99. The van der Waals surface area contributed by atoms with Crippen LogP contribution in [0.2, 0.25) is 0 Å². The molecule has 0 radical (unpaired) electrons. The van der Waals surface area contributed by atoms with Crippen LogP contribution < -0.4 is 5.32 Å². The highest BCUT2D eigenvalue weighted by atomic mass is 32.1. The first-order valence-corrected chi connectivity index (χ1v) is 10.1. The molecule has 1 aromatic carbocycles. The Kier molecular flexibility index (Phi) is 4.83. The van der Waals surface area contributed by atoms with Crippen LogP contribution in [-0.2, 0) is 11.2 Å². The second kappa shape index (κ2) is 7.42. The third-order valence-electron chi connectivity index (χ3n) is 3.95. The summed E-state index contributed by atoms with van der Waals surface area (Å²) >= 11 is 3.16. The van der Waals surface area contributed by atoms with Gasteiger partial charge < -0.3 is 5.32 Å². The number of hydrogen-bond acceptors (Lipinski definition) is 6. The Hall–Kier alpha value is -2.84. The van der Waals surface area contributed by atoms with Crippen LogP contribution in [0.5, 0.6) is 0 Å². The van der Waals surface area contributed by atoms with E-state index in [2.05, 4.69) is 33.6 Å². The predicted molar refractivity (Wildman–Crippen MR) is 110 cm³/mol. The zero-order chi connectivity index (χ0) is 18.8. The summed E-state index contributed by atoms with van der Waals surface area (Å²) in [6, 6.07) is 11.8. The lowest BCUT2D eigenvalue weighted by Crippen LogP contribution is -2.07. The van der Waals surface area contributed by atoms with Crippen LogP contribution in [-0.4, -0.2) is 25.7 Å². The molecule has 27 heavy (non-hydrogen) atoms. The molecular formula is C19H17N5OS2. The highest BCUT2D eigenvalue weighted by molar-refractivity contribution is 7.19. The highest BCUT2D eigenvalue weighted by Gasteiger charge is 2.11. The van der Waals surface area contributed by atoms with E-state index in [9.17, 15) is 4.79 Å². The first-order chi connectivity index (χ1) is 13.1. The van der Waals surface area contributed by atoms with E-state index in [1.807, 2.05) is 43.3 Å². The standard InChI is InChI=1S/C19H17N5OS2/c1-3-15-7-8-16(26-15)9-10-17(25)20-14-6-4-5-13(11-14)18-23-24-12(2)21-22-19(24)27-18/h4-11H,3H2,1-2H3,(H,20,25)/b10-9+. The minimum absolute atomic E-state index is 0.160. The number of aryl methyl sites for hydroxylation is 2. The van der Waals surface area contributed by atoms with E-state index in [1.54, 1.807) is 21.9 Å². The highest BCUT2D eigenvalue weighted by Crippen LogP contribution is 2.27. The molecule has 0 fully saturated rings. The number of benzene rings is 1. The molecule has 1 amide bonds. The van der Waals surface area contributed by atoms with Crippen LogP contribution in [0.1, 0.15) is 22.5 Å². The summed E-state index contributed by atoms with van der Waals surface area (Å²) in [4.78, 5) is 15.4. The maximum atomic E-state index is 12.2. The maximum absolute atomic E-state index is 12.2. The Labute approximate surface area is 164 Å². The average molecular weight is 396 g/mol. The van der Waals surface area contributed by atoms with Crippen molar-refractivity contribution in [1.29, 1.82) is 0 Å². The molecule has 0 saturated carbocycles. The van der Waals surface area contributed by atoms with Gasteiger partial charge in [0.05, 0.1) is 0 Å². The number of anilines is 1. The molecule has 0 saturated heterocycles. The van der Waals surface area contributed by atoms with Gasteiger partial charge in [-0.3, -0.25) is 4.79 Å². The molecule has 0 atom stereocenters. The number of nitrogens with zero attached hydrogens (tertiary/aromatic N) is 4. The van der Waals surface area contributed by atoms with Gasteiger partial charge in [-0.2, -0.15) is 9.61 Å². The Morgan fingerprint density at radius 1 is 1.22 bits per heavy atom. The number of rotatable bonds is 5. The van der Waals surface area contributed by atoms with Gasteiger partial charge in [0, 0.05) is 27.1 Å². The number of carbonyl (C=O) groups excluding carboxylic acids is 1. The third-order valence-corrected chi connectivity index (χ3v) is 6.10. The molecule has 0 spiro atoms. The third kappa shape index (κ3) is 3.81. The van der Waals surface area contributed by atoms with Gasteiger partial charge >= 0.3 is 0 Å². The van der Waals surface area contributed by atoms with E-state index in [1.165, 1.54) is 16.2 Å². The van der Waals surface area contributed by atoms with Crippen molar-refractivity contribution in [2.75, 3.05) is 5.32 Å². The van der Waals surface area contributed by atoms with E-state index in [0.29, 0.717) is 0 Å². The van der Waals surface area contributed by atoms with Crippen molar-refractivity contribution < 1.29 is 4.79 Å². The molecule has 0 bridgehead atoms. The normalized spacial score (nSPS) is 11.5. The van der Waals surface area contributed by atoms with E-state index in [4.69, 9.17) is 0 Å². The van der Waals surface area contributed by atoms with Crippen LogP contribution >= 0.6 is 22.7 Å². The minimum Gasteiger partial charge on any atom is -0.322 e. The van der Waals surface area contributed by atoms with Gasteiger partial charge in [-0.25, -0.2) is 0 Å². The Balaban J connectivity index is 1.49. The zero-order valence-electron chi connectivity index (χ0n) is 14.8. The summed E-state index contributed by atoms with van der Waals surface area (Å²) in [7, 11) is 0. The number of hydrogen-bond donors (Lipinski definition) is 1. The van der Waals surface area contributed by atoms with Crippen molar-refractivity contribution in [3.8, 4) is 10.6 Å². The van der Waals surface area contributed by atoms with E-state index >= 15 is 0 Å². The summed E-state index contributed by atoms with van der Waals surface area (Å²) in [6.07, 6.45) is 4.41. The molecule has 1 N–H and O–H groups in total. The van der Waals surface area contributed by atoms with Gasteiger partial charge in [-0.05, 0) is 43.7 Å². The lowest BCUT2D eigenvalue weighted by Gasteiger charge is -2.03. The molecule has 8 heteroatoms. The lowest BCUT2D eigenvalue weighted by molar-refractivity contribution is -0.111. The number of fused-ring (bicyclic) bond motifs is 1. The summed E-state index contributed by atoms with van der Waals surface area (Å²) < 4.78 is 1.72. The molecule has 0 aliphatic carbocycles. The van der Waals surface area contributed by atoms with Crippen molar-refractivity contribution >= 4 is 45.3 Å². The Morgan fingerprint density at radius 2 is 2.11 bits per heavy atom. The minimum atomic E-state index is -0.160. The van der Waals surface area contributed by atoms with Crippen LogP contribution in [0, 0.1) is 6.92 Å². The summed E-state index contributed by atoms with van der Waals surface area (Å²) in [5, 5.41) is 16.4. The van der Waals surface area contributed by atoms with Gasteiger partial charge in [0.15, 0.2) is 5.82 Å². The largest absolute Gasteiger partial charge is 0.322 e. The molecule has 0 unspecified atom stereocenters. The molecular weight excluding hydrogens is 378 g/mol. The van der Waals surface area contributed by atoms with Crippen molar-refractivity contribution in [1.82, 2.24) is 19.8 Å². The number of thiophene rings is 1. The number of nitrogens with one attached hydrogen (secondary N) is 1. The molecule has 0 aliphatic rings. The quantitative estimate of drug-likeness (QED) is 0.507. The molecule has 3 heterocycles. The predicted octanol–water partition coefficient (Wildman–Crippen LogP) is 4.44. The zero-order valence-corrected chi connectivity index (χ0v) is 16.5. The number of amides is 1. The Morgan fingerprint density at radius 3 is 2.89 bits per heavy atom. The second-order valence-corrected chi connectivity index (χ2v) is 8.07. The van der Waals surface area contributed by atoms with Crippen LogP contribution in [0.4, 0.5) is 5.69 Å². The van der Waals surface area contributed by atoms with Gasteiger partial charge in [0.1, 0.15) is 5.01 Å². The van der Waals surface area contributed by atoms with Gasteiger partial charge in [0.2, 0.25) is 10.9 Å². The van der Waals surface area contributed by atoms with E-state index in [0.717, 1.165) is 38.3 Å². The first kappa shape index (κ1) is 17.6. The summed E-state index contributed by atoms with van der Waals surface area (Å²) in [5.74, 6) is 0.592.